The minimum absolute atomic E-state index is 0.241. The largest absolute Gasteiger partial charge is 0.207 e. The van der Waals surface area contributed by atoms with E-state index in [1.54, 1.807) is 12.1 Å². The van der Waals surface area contributed by atoms with Gasteiger partial charge in [-0.25, -0.2) is 4.39 Å². The minimum Gasteiger partial charge on any atom is -0.207 e. The van der Waals surface area contributed by atoms with Crippen LogP contribution in [0.3, 0.4) is 0 Å². The molecule has 3 aromatic rings. The standard InChI is InChI=1S/C23H19F/c1-2-3-18-6-12-21(13-7-18)22-14-8-19(9-15-22)4-5-20-10-16-23(24)17-11-20/h6-17H,2-3H2,1H3. The van der Waals surface area contributed by atoms with Gasteiger partial charge >= 0.3 is 0 Å². The monoisotopic (exact) mass is 314 g/mol. The third-order valence-corrected chi connectivity index (χ3v) is 3.91. The average Bonchev–Trinajstić information content (AvgIpc) is 2.63. The summed E-state index contributed by atoms with van der Waals surface area (Å²) in [6, 6.07) is 23.2. The number of halogens is 1. The van der Waals surface area contributed by atoms with Crippen molar-refractivity contribution in [2.45, 2.75) is 19.8 Å². The molecule has 0 nitrogen and oxygen atoms in total. The predicted octanol–water partition coefficient (Wildman–Crippen LogP) is 5.85. The number of benzene rings is 3. The molecule has 3 rings (SSSR count). The van der Waals surface area contributed by atoms with E-state index in [0.29, 0.717) is 0 Å². The number of rotatable bonds is 3. The molecule has 0 radical (unpaired) electrons. The molecule has 0 atom stereocenters. The molecule has 0 aromatic heterocycles. The molecule has 1 heteroatoms. The van der Waals surface area contributed by atoms with Crippen molar-refractivity contribution in [2.75, 3.05) is 0 Å². The van der Waals surface area contributed by atoms with Crippen LogP contribution in [0.2, 0.25) is 0 Å². The second-order valence-corrected chi connectivity index (χ2v) is 5.78. The Morgan fingerprint density at radius 3 is 1.62 bits per heavy atom. The van der Waals surface area contributed by atoms with Crippen molar-refractivity contribution >= 4 is 0 Å². The quantitative estimate of drug-likeness (QED) is 0.532. The van der Waals surface area contributed by atoms with Gasteiger partial charge in [0.2, 0.25) is 0 Å². The van der Waals surface area contributed by atoms with Crippen molar-refractivity contribution < 1.29 is 4.39 Å². The van der Waals surface area contributed by atoms with Crippen molar-refractivity contribution in [3.8, 4) is 23.0 Å². The topological polar surface area (TPSA) is 0 Å². The summed E-state index contributed by atoms with van der Waals surface area (Å²) >= 11 is 0. The normalized spacial score (nSPS) is 10.1. The molecule has 0 amide bonds. The van der Waals surface area contributed by atoms with Crippen LogP contribution in [0, 0.1) is 17.7 Å². The zero-order valence-corrected chi connectivity index (χ0v) is 13.7. The Hall–Kier alpha value is -2.85. The first kappa shape index (κ1) is 16.0. The molecule has 0 bridgehead atoms. The lowest BCUT2D eigenvalue weighted by atomic mass is 10.0. The Kier molecular flexibility index (Phi) is 5.08. The second kappa shape index (κ2) is 7.62. The Labute approximate surface area is 143 Å². The Morgan fingerprint density at radius 1 is 0.667 bits per heavy atom. The molecule has 0 heterocycles. The minimum atomic E-state index is -0.241. The fourth-order valence-corrected chi connectivity index (χ4v) is 2.58. The molecule has 0 spiro atoms. The highest BCUT2D eigenvalue weighted by molar-refractivity contribution is 5.64. The van der Waals surface area contributed by atoms with Gasteiger partial charge in [0.15, 0.2) is 0 Å². The van der Waals surface area contributed by atoms with Gasteiger partial charge in [0.05, 0.1) is 0 Å². The predicted molar refractivity (Wildman–Crippen MR) is 98.3 cm³/mol. The summed E-state index contributed by atoms with van der Waals surface area (Å²) in [5.74, 6) is 5.92. The molecule has 0 unspecified atom stereocenters. The van der Waals surface area contributed by atoms with Crippen LogP contribution < -0.4 is 0 Å². The molecule has 0 N–H and O–H groups in total. The number of aryl methyl sites for hydroxylation is 1. The van der Waals surface area contributed by atoms with Crippen LogP contribution in [-0.4, -0.2) is 0 Å². The summed E-state index contributed by atoms with van der Waals surface area (Å²) in [5, 5.41) is 0. The van der Waals surface area contributed by atoms with Gasteiger partial charge in [-0.05, 0) is 59.5 Å². The van der Waals surface area contributed by atoms with Crippen molar-refractivity contribution in [1.82, 2.24) is 0 Å². The summed E-state index contributed by atoms with van der Waals surface area (Å²) in [5.41, 5.74) is 5.54. The lowest BCUT2D eigenvalue weighted by Gasteiger charge is -2.04. The molecule has 0 aliphatic rings. The highest BCUT2D eigenvalue weighted by Crippen LogP contribution is 2.20. The lowest BCUT2D eigenvalue weighted by Crippen LogP contribution is -1.84. The van der Waals surface area contributed by atoms with Crippen LogP contribution in [-0.2, 0) is 6.42 Å². The molecule has 0 saturated heterocycles. The van der Waals surface area contributed by atoms with E-state index in [9.17, 15) is 4.39 Å². The molecule has 0 fully saturated rings. The molecular weight excluding hydrogens is 295 g/mol. The van der Waals surface area contributed by atoms with E-state index in [1.807, 2.05) is 12.1 Å². The van der Waals surface area contributed by atoms with Crippen molar-refractivity contribution in [3.63, 3.8) is 0 Å². The molecule has 0 saturated carbocycles. The third-order valence-electron chi connectivity index (χ3n) is 3.91. The van der Waals surface area contributed by atoms with Crippen molar-refractivity contribution in [3.05, 3.63) is 95.3 Å². The summed E-state index contributed by atoms with van der Waals surface area (Å²) in [6.45, 7) is 2.19. The summed E-state index contributed by atoms with van der Waals surface area (Å²) < 4.78 is 12.9. The maximum Gasteiger partial charge on any atom is 0.123 e. The first-order chi connectivity index (χ1) is 11.7. The maximum atomic E-state index is 12.9. The van der Waals surface area contributed by atoms with Crippen LogP contribution in [0.15, 0.2) is 72.8 Å². The van der Waals surface area contributed by atoms with Crippen LogP contribution >= 0.6 is 0 Å². The smallest absolute Gasteiger partial charge is 0.123 e. The van der Waals surface area contributed by atoms with Crippen LogP contribution in [0.5, 0.6) is 0 Å². The highest BCUT2D eigenvalue weighted by atomic mass is 19.1. The number of hydrogen-bond acceptors (Lipinski definition) is 0. The van der Waals surface area contributed by atoms with Crippen LogP contribution in [0.25, 0.3) is 11.1 Å². The molecular formula is C23H19F. The molecule has 118 valence electrons. The van der Waals surface area contributed by atoms with E-state index in [-0.39, 0.29) is 5.82 Å². The first-order valence-corrected chi connectivity index (χ1v) is 8.21. The van der Waals surface area contributed by atoms with Crippen LogP contribution in [0.1, 0.15) is 30.0 Å². The van der Waals surface area contributed by atoms with Gasteiger partial charge in [0.1, 0.15) is 5.82 Å². The van der Waals surface area contributed by atoms with E-state index in [4.69, 9.17) is 0 Å². The van der Waals surface area contributed by atoms with Gasteiger partial charge in [0.25, 0.3) is 0 Å². The summed E-state index contributed by atoms with van der Waals surface area (Å²) in [7, 11) is 0. The van der Waals surface area contributed by atoms with Gasteiger partial charge in [-0.3, -0.25) is 0 Å². The van der Waals surface area contributed by atoms with Gasteiger partial charge < -0.3 is 0 Å². The molecule has 3 aromatic carbocycles. The SMILES string of the molecule is CCCc1ccc(-c2ccc(C#Cc3ccc(F)cc3)cc2)cc1. The summed E-state index contributed by atoms with van der Waals surface area (Å²) in [6.07, 6.45) is 2.29. The fourth-order valence-electron chi connectivity index (χ4n) is 2.58. The zero-order valence-electron chi connectivity index (χ0n) is 13.7. The van der Waals surface area contributed by atoms with Crippen molar-refractivity contribution in [1.29, 1.82) is 0 Å². The molecule has 0 aliphatic carbocycles. The van der Waals surface area contributed by atoms with Gasteiger partial charge in [-0.2, -0.15) is 0 Å². The fraction of sp³-hybridized carbons (Fsp3) is 0.130. The third kappa shape index (κ3) is 4.12. The molecule has 0 aliphatic heterocycles. The molecule has 24 heavy (non-hydrogen) atoms. The van der Waals surface area contributed by atoms with E-state index in [2.05, 4.69) is 55.2 Å². The Morgan fingerprint density at radius 2 is 1.12 bits per heavy atom. The van der Waals surface area contributed by atoms with E-state index in [1.165, 1.54) is 35.2 Å². The zero-order chi connectivity index (χ0) is 16.8. The average molecular weight is 314 g/mol. The highest BCUT2D eigenvalue weighted by Gasteiger charge is 1.98. The van der Waals surface area contributed by atoms with E-state index >= 15 is 0 Å². The van der Waals surface area contributed by atoms with E-state index in [0.717, 1.165) is 17.5 Å². The van der Waals surface area contributed by atoms with Gasteiger partial charge in [-0.1, -0.05) is 61.6 Å². The number of hydrogen-bond donors (Lipinski definition) is 0. The lowest BCUT2D eigenvalue weighted by molar-refractivity contribution is 0.627. The van der Waals surface area contributed by atoms with E-state index < -0.39 is 0 Å². The second-order valence-electron chi connectivity index (χ2n) is 5.78. The van der Waals surface area contributed by atoms with Gasteiger partial charge in [0, 0.05) is 11.1 Å². The summed E-state index contributed by atoms with van der Waals surface area (Å²) in [4.78, 5) is 0. The van der Waals surface area contributed by atoms with Crippen molar-refractivity contribution in [2.24, 2.45) is 0 Å². The maximum absolute atomic E-state index is 12.9. The van der Waals surface area contributed by atoms with Crippen LogP contribution in [0.4, 0.5) is 4.39 Å². The first-order valence-electron chi connectivity index (χ1n) is 8.21. The Balaban J connectivity index is 1.74. The Bertz CT molecular complexity index is 845. The van der Waals surface area contributed by atoms with Gasteiger partial charge in [-0.15, -0.1) is 0 Å².